The quantitative estimate of drug-likeness (QED) is 0.843. The van der Waals surface area contributed by atoms with Crippen molar-refractivity contribution in [3.05, 3.63) is 23.8 Å². The molecule has 0 radical (unpaired) electrons. The molecule has 0 amide bonds. The van der Waals surface area contributed by atoms with Gasteiger partial charge in [-0.25, -0.2) is 13.2 Å². The molecule has 0 aromatic heterocycles. The van der Waals surface area contributed by atoms with Crippen LogP contribution in [0.1, 0.15) is 37.0 Å². The minimum atomic E-state index is -3.80. The van der Waals surface area contributed by atoms with E-state index in [-0.39, 0.29) is 29.2 Å². The molecule has 128 valence electrons. The number of carbonyl (C=O) groups is 1. The van der Waals surface area contributed by atoms with Crippen LogP contribution >= 0.6 is 0 Å². The number of nitrogens with zero attached hydrogens (tertiary/aromatic N) is 1. The number of benzene rings is 1. The number of hydrogen-bond acceptors (Lipinski definition) is 5. The molecule has 1 saturated heterocycles. The van der Waals surface area contributed by atoms with Crippen molar-refractivity contribution in [2.24, 2.45) is 0 Å². The Morgan fingerprint density at radius 3 is 2.65 bits per heavy atom. The lowest BCUT2D eigenvalue weighted by atomic mass is 10.1. The Labute approximate surface area is 135 Å². The second kappa shape index (κ2) is 6.86. The summed E-state index contributed by atoms with van der Waals surface area (Å²) in [5.74, 6) is -1.87. The molecule has 1 unspecified atom stereocenters. The number of rotatable bonds is 5. The van der Waals surface area contributed by atoms with Gasteiger partial charge in [0.2, 0.25) is 10.0 Å². The molecule has 1 aliphatic heterocycles. The lowest BCUT2D eigenvalue weighted by molar-refractivity contribution is -0.0184. The molecular formula is C15H21NO6S. The van der Waals surface area contributed by atoms with Crippen molar-refractivity contribution in [3.8, 4) is 5.75 Å². The molecule has 8 heteroatoms. The smallest absolute Gasteiger partial charge is 0.339 e. The molecule has 1 fully saturated rings. The molecule has 1 aromatic carbocycles. The zero-order chi connectivity index (χ0) is 17.2. The highest BCUT2D eigenvalue weighted by molar-refractivity contribution is 7.89. The van der Waals surface area contributed by atoms with Gasteiger partial charge in [0.25, 0.3) is 0 Å². The maximum Gasteiger partial charge on any atom is 0.339 e. The molecule has 1 heterocycles. The predicted octanol–water partition coefficient (Wildman–Crippen LogP) is 1.67. The summed E-state index contributed by atoms with van der Waals surface area (Å²) in [5, 5.41) is 18.6. The number of aromatic hydroxyl groups is 1. The lowest BCUT2D eigenvalue weighted by Gasteiger charge is -2.32. The van der Waals surface area contributed by atoms with E-state index in [4.69, 9.17) is 9.84 Å². The van der Waals surface area contributed by atoms with Gasteiger partial charge in [-0.05, 0) is 38.8 Å². The molecule has 0 bridgehead atoms. The van der Waals surface area contributed by atoms with Gasteiger partial charge in [-0.15, -0.1) is 0 Å². The van der Waals surface area contributed by atoms with E-state index in [1.165, 1.54) is 10.4 Å². The van der Waals surface area contributed by atoms with E-state index in [0.717, 1.165) is 18.6 Å². The van der Waals surface area contributed by atoms with Gasteiger partial charge in [-0.3, -0.25) is 0 Å². The highest BCUT2D eigenvalue weighted by Crippen LogP contribution is 2.27. The minimum Gasteiger partial charge on any atom is -0.507 e. The molecular weight excluding hydrogens is 322 g/mol. The van der Waals surface area contributed by atoms with Crippen molar-refractivity contribution in [3.63, 3.8) is 0 Å². The van der Waals surface area contributed by atoms with Gasteiger partial charge in [-0.2, -0.15) is 4.31 Å². The Kier molecular flexibility index (Phi) is 5.28. The second-order valence-electron chi connectivity index (χ2n) is 5.80. The van der Waals surface area contributed by atoms with Gasteiger partial charge in [0.05, 0.1) is 17.1 Å². The third-order valence-electron chi connectivity index (χ3n) is 3.64. The fourth-order valence-corrected chi connectivity index (χ4v) is 4.15. The van der Waals surface area contributed by atoms with Crippen LogP contribution in [0.25, 0.3) is 0 Å². The van der Waals surface area contributed by atoms with E-state index in [1.54, 1.807) is 0 Å². The highest BCUT2D eigenvalue weighted by atomic mass is 32.2. The minimum absolute atomic E-state index is 0.0153. The van der Waals surface area contributed by atoms with Crippen molar-refractivity contribution >= 4 is 16.0 Å². The molecule has 1 aliphatic rings. The number of ether oxygens (including phenoxy) is 1. The molecule has 1 atom stereocenters. The van der Waals surface area contributed by atoms with Crippen LogP contribution in [0.4, 0.5) is 0 Å². The average Bonchev–Trinajstić information content (AvgIpc) is 2.46. The summed E-state index contributed by atoms with van der Waals surface area (Å²) in [5.41, 5.74) is -0.330. The van der Waals surface area contributed by atoms with Crippen molar-refractivity contribution in [2.45, 2.75) is 43.8 Å². The average molecular weight is 343 g/mol. The van der Waals surface area contributed by atoms with Crippen LogP contribution in [0.2, 0.25) is 0 Å². The van der Waals surface area contributed by atoms with E-state index in [1.807, 2.05) is 13.8 Å². The van der Waals surface area contributed by atoms with Crippen molar-refractivity contribution in [1.29, 1.82) is 0 Å². The largest absolute Gasteiger partial charge is 0.507 e. The number of carboxylic acid groups (broad SMARTS) is 1. The fourth-order valence-electron chi connectivity index (χ4n) is 2.62. The van der Waals surface area contributed by atoms with Crippen LogP contribution in [0, 0.1) is 0 Å². The first-order valence-corrected chi connectivity index (χ1v) is 8.87. The van der Waals surface area contributed by atoms with Crippen LogP contribution in [-0.2, 0) is 14.8 Å². The first kappa shape index (κ1) is 17.7. The van der Waals surface area contributed by atoms with Crippen LogP contribution in [0.15, 0.2) is 23.1 Å². The van der Waals surface area contributed by atoms with Gasteiger partial charge < -0.3 is 14.9 Å². The molecule has 0 aliphatic carbocycles. The topological polar surface area (TPSA) is 104 Å². The number of phenols is 1. The van der Waals surface area contributed by atoms with Gasteiger partial charge in [0.1, 0.15) is 11.3 Å². The molecule has 7 nitrogen and oxygen atoms in total. The third-order valence-corrected chi connectivity index (χ3v) is 5.50. The van der Waals surface area contributed by atoms with Gasteiger partial charge in [0, 0.05) is 19.2 Å². The van der Waals surface area contributed by atoms with Crippen LogP contribution in [0.5, 0.6) is 5.75 Å². The zero-order valence-electron chi connectivity index (χ0n) is 13.1. The van der Waals surface area contributed by atoms with Gasteiger partial charge in [0.15, 0.2) is 0 Å². The van der Waals surface area contributed by atoms with E-state index in [9.17, 15) is 18.3 Å². The summed E-state index contributed by atoms with van der Waals surface area (Å²) in [6.45, 7) is 4.43. The summed E-state index contributed by atoms with van der Waals surface area (Å²) in [6, 6.07) is 3.27. The molecule has 2 rings (SSSR count). The lowest BCUT2D eigenvalue weighted by Crippen LogP contribution is -2.43. The van der Waals surface area contributed by atoms with Gasteiger partial charge >= 0.3 is 5.97 Å². The fraction of sp³-hybridized carbons (Fsp3) is 0.533. The summed E-state index contributed by atoms with van der Waals surface area (Å²) < 4.78 is 32.3. The summed E-state index contributed by atoms with van der Waals surface area (Å²) >= 11 is 0. The number of aromatic carboxylic acids is 1. The van der Waals surface area contributed by atoms with E-state index in [2.05, 4.69) is 0 Å². The number of hydrogen-bond donors (Lipinski definition) is 2. The van der Waals surface area contributed by atoms with E-state index in [0.29, 0.717) is 13.0 Å². The monoisotopic (exact) mass is 343 g/mol. The summed E-state index contributed by atoms with van der Waals surface area (Å²) in [4.78, 5) is 10.8. The number of carboxylic acids is 1. The predicted molar refractivity (Wildman–Crippen MR) is 83.1 cm³/mol. The Morgan fingerprint density at radius 2 is 2.09 bits per heavy atom. The Balaban J connectivity index is 2.24. The zero-order valence-corrected chi connectivity index (χ0v) is 13.9. The van der Waals surface area contributed by atoms with Crippen molar-refractivity contribution < 1.29 is 28.2 Å². The maximum absolute atomic E-state index is 12.7. The van der Waals surface area contributed by atoms with Gasteiger partial charge in [-0.1, -0.05) is 0 Å². The maximum atomic E-state index is 12.7. The Hall–Kier alpha value is -1.64. The van der Waals surface area contributed by atoms with Crippen LogP contribution in [0.3, 0.4) is 0 Å². The normalized spacial score (nSPS) is 19.9. The van der Waals surface area contributed by atoms with Crippen LogP contribution in [-0.4, -0.2) is 54.2 Å². The summed E-state index contributed by atoms with van der Waals surface area (Å²) in [6.07, 6.45) is 1.34. The van der Waals surface area contributed by atoms with Crippen molar-refractivity contribution in [1.82, 2.24) is 4.31 Å². The molecule has 0 saturated carbocycles. The Morgan fingerprint density at radius 1 is 1.39 bits per heavy atom. The first-order valence-electron chi connectivity index (χ1n) is 7.43. The van der Waals surface area contributed by atoms with Crippen molar-refractivity contribution in [2.75, 3.05) is 13.1 Å². The SMILES string of the molecule is CC(C)OC1CCCN(S(=O)(=O)c2ccc(C(=O)O)c(O)c2)C1. The summed E-state index contributed by atoms with van der Waals surface area (Å²) in [7, 11) is -3.80. The van der Waals surface area contributed by atoms with E-state index >= 15 is 0 Å². The Bertz CT molecular complexity index is 685. The number of sulfonamides is 1. The molecule has 0 spiro atoms. The molecule has 1 aromatic rings. The molecule has 23 heavy (non-hydrogen) atoms. The second-order valence-corrected chi connectivity index (χ2v) is 7.73. The van der Waals surface area contributed by atoms with Crippen LogP contribution < -0.4 is 0 Å². The number of piperidine rings is 1. The molecule has 2 N–H and O–H groups in total. The highest BCUT2D eigenvalue weighted by Gasteiger charge is 2.31. The third kappa shape index (κ3) is 4.01. The van der Waals surface area contributed by atoms with E-state index < -0.39 is 21.7 Å². The standard InChI is InChI=1S/C15H21NO6S/c1-10(2)22-11-4-3-7-16(9-11)23(20,21)12-5-6-13(15(18)19)14(17)8-12/h5-6,8,10-11,17H,3-4,7,9H2,1-2H3,(H,18,19). The first-order chi connectivity index (χ1) is 10.7.